The Morgan fingerprint density at radius 2 is 0.827 bits per heavy atom. The predicted molar refractivity (Wildman–Crippen MR) is 218 cm³/mol. The van der Waals surface area contributed by atoms with Gasteiger partial charge >= 0.3 is 0 Å². The van der Waals surface area contributed by atoms with Crippen LogP contribution in [0.3, 0.4) is 0 Å². The molecule has 0 fully saturated rings. The fourth-order valence-electron chi connectivity index (χ4n) is 8.65. The highest BCUT2D eigenvalue weighted by Gasteiger charge is 2.22. The van der Waals surface area contributed by atoms with Crippen molar-refractivity contribution in [3.63, 3.8) is 0 Å². The summed E-state index contributed by atoms with van der Waals surface area (Å²) in [6, 6.07) is 63.1. The average molecular weight is 663 g/mol. The van der Waals surface area contributed by atoms with Crippen molar-refractivity contribution in [3.05, 3.63) is 182 Å². The minimum Gasteiger partial charge on any atom is -0.464 e. The van der Waals surface area contributed by atoms with Gasteiger partial charge < -0.3 is 8.83 Å². The first-order valence-corrected chi connectivity index (χ1v) is 17.8. The van der Waals surface area contributed by atoms with E-state index in [1.54, 1.807) is 6.26 Å². The first-order valence-electron chi connectivity index (χ1n) is 17.8. The highest BCUT2D eigenvalue weighted by atomic mass is 16.3. The van der Waals surface area contributed by atoms with E-state index in [2.05, 4.69) is 170 Å². The molecule has 11 aromatic rings. The molecule has 9 aromatic carbocycles. The summed E-state index contributed by atoms with van der Waals surface area (Å²) in [5.41, 5.74) is 10.1. The highest BCUT2D eigenvalue weighted by molar-refractivity contribution is 6.26. The maximum atomic E-state index is 6.65. The third-order valence-corrected chi connectivity index (χ3v) is 10.7. The van der Waals surface area contributed by atoms with Gasteiger partial charge in [0.2, 0.25) is 0 Å². The average Bonchev–Trinajstić information content (AvgIpc) is 3.88. The van der Waals surface area contributed by atoms with Crippen LogP contribution < -0.4 is 0 Å². The molecular formula is C50H30O2. The van der Waals surface area contributed by atoms with E-state index in [0.29, 0.717) is 0 Å². The van der Waals surface area contributed by atoms with Crippen LogP contribution in [0.1, 0.15) is 0 Å². The summed E-state index contributed by atoms with van der Waals surface area (Å²) in [6.45, 7) is 0. The lowest BCUT2D eigenvalue weighted by molar-refractivity contribution is 0.583. The zero-order valence-electron chi connectivity index (χ0n) is 28.1. The van der Waals surface area contributed by atoms with Gasteiger partial charge in [-0.05, 0) is 107 Å². The summed E-state index contributed by atoms with van der Waals surface area (Å²) in [5.74, 6) is 0.869. The van der Waals surface area contributed by atoms with E-state index in [4.69, 9.17) is 8.83 Å². The number of hydrogen-bond acceptors (Lipinski definition) is 2. The minimum absolute atomic E-state index is 0.869. The monoisotopic (exact) mass is 662 g/mol. The molecule has 0 aliphatic rings. The van der Waals surface area contributed by atoms with E-state index >= 15 is 0 Å². The summed E-state index contributed by atoms with van der Waals surface area (Å²) >= 11 is 0. The Balaban J connectivity index is 1.23. The molecule has 0 radical (unpaired) electrons. The van der Waals surface area contributed by atoms with Crippen molar-refractivity contribution in [3.8, 4) is 44.7 Å². The van der Waals surface area contributed by atoms with Crippen LogP contribution in [0.5, 0.6) is 0 Å². The Morgan fingerprint density at radius 1 is 0.308 bits per heavy atom. The SMILES string of the molecule is c1ccc(-c2c3ccccc3c(-c3ccc4oc5cccc(-c6c7ccccc7c(-c7ccco7)c7ccccc67)c5c4c3)c3ccccc23)cc1. The number of furan rings is 2. The number of rotatable bonds is 4. The van der Waals surface area contributed by atoms with Crippen LogP contribution in [0.2, 0.25) is 0 Å². The molecule has 0 aliphatic carbocycles. The molecule has 0 N–H and O–H groups in total. The molecule has 2 nitrogen and oxygen atoms in total. The molecular weight excluding hydrogens is 633 g/mol. The van der Waals surface area contributed by atoms with Crippen molar-refractivity contribution in [1.82, 2.24) is 0 Å². The van der Waals surface area contributed by atoms with E-state index in [9.17, 15) is 0 Å². The van der Waals surface area contributed by atoms with Crippen molar-refractivity contribution in [2.24, 2.45) is 0 Å². The topological polar surface area (TPSA) is 26.3 Å². The molecule has 2 aromatic heterocycles. The molecule has 0 aliphatic heterocycles. The number of hydrogen-bond donors (Lipinski definition) is 0. The standard InChI is InChI=1S/C50H30O2/c1-2-14-31(15-3-1)46-33-16-4-6-18-35(33)47(36-19-7-5-17-34(36)46)32-27-28-43-42(30-32)50-41(24-12-25-45(50)52-43)48-37-20-8-10-22-39(37)49(44-26-13-29-51-44)40-23-11-9-21-38(40)48/h1-30H. The molecule has 242 valence electrons. The molecule has 0 saturated carbocycles. The second-order valence-corrected chi connectivity index (χ2v) is 13.5. The second-order valence-electron chi connectivity index (χ2n) is 13.5. The van der Waals surface area contributed by atoms with Gasteiger partial charge in [-0.2, -0.15) is 0 Å². The predicted octanol–water partition coefficient (Wildman–Crippen LogP) is 14.5. The van der Waals surface area contributed by atoms with E-state index < -0.39 is 0 Å². The lowest BCUT2D eigenvalue weighted by Crippen LogP contribution is -1.91. The molecule has 0 unspecified atom stereocenters. The van der Waals surface area contributed by atoms with Gasteiger partial charge in [0.25, 0.3) is 0 Å². The van der Waals surface area contributed by atoms with Gasteiger partial charge in [-0.1, -0.05) is 146 Å². The van der Waals surface area contributed by atoms with Crippen LogP contribution in [-0.2, 0) is 0 Å². The first kappa shape index (κ1) is 28.9. The van der Waals surface area contributed by atoms with Crippen LogP contribution in [-0.4, -0.2) is 0 Å². The Labute approximate surface area is 299 Å². The van der Waals surface area contributed by atoms with E-state index in [1.165, 1.54) is 60.1 Å². The molecule has 11 rings (SSSR count). The lowest BCUT2D eigenvalue weighted by Gasteiger charge is -2.18. The van der Waals surface area contributed by atoms with E-state index in [1.807, 2.05) is 6.07 Å². The van der Waals surface area contributed by atoms with E-state index in [-0.39, 0.29) is 0 Å². The molecule has 0 saturated heterocycles. The summed E-state index contributed by atoms with van der Waals surface area (Å²) in [5, 5.41) is 11.9. The maximum absolute atomic E-state index is 6.65. The van der Waals surface area contributed by atoms with Gasteiger partial charge in [0, 0.05) is 16.3 Å². The molecule has 52 heavy (non-hydrogen) atoms. The fourth-order valence-corrected chi connectivity index (χ4v) is 8.65. The number of benzene rings is 9. The molecule has 2 heterocycles. The maximum Gasteiger partial charge on any atom is 0.136 e. The van der Waals surface area contributed by atoms with Gasteiger partial charge in [-0.25, -0.2) is 0 Å². The summed E-state index contributed by atoms with van der Waals surface area (Å²) in [6.07, 6.45) is 1.75. The van der Waals surface area contributed by atoms with Gasteiger partial charge in [-0.3, -0.25) is 0 Å². The molecule has 0 bridgehead atoms. The molecule has 0 spiro atoms. The summed E-state index contributed by atoms with van der Waals surface area (Å²) in [7, 11) is 0. The van der Waals surface area contributed by atoms with Crippen molar-refractivity contribution in [1.29, 1.82) is 0 Å². The fraction of sp³-hybridized carbons (Fsp3) is 0. The molecule has 0 atom stereocenters. The summed E-state index contributed by atoms with van der Waals surface area (Å²) < 4.78 is 12.7. The van der Waals surface area contributed by atoms with Gasteiger partial charge in [0.05, 0.1) is 6.26 Å². The quantitative estimate of drug-likeness (QED) is 0.175. The van der Waals surface area contributed by atoms with Gasteiger partial charge in [0.1, 0.15) is 16.9 Å². The lowest BCUT2D eigenvalue weighted by atomic mass is 9.85. The third kappa shape index (κ3) is 4.19. The van der Waals surface area contributed by atoms with E-state index in [0.717, 1.165) is 49.6 Å². The van der Waals surface area contributed by atoms with Crippen LogP contribution >= 0.6 is 0 Å². The van der Waals surface area contributed by atoms with Crippen LogP contribution in [0, 0.1) is 0 Å². The smallest absolute Gasteiger partial charge is 0.136 e. The van der Waals surface area contributed by atoms with Crippen LogP contribution in [0.4, 0.5) is 0 Å². The van der Waals surface area contributed by atoms with Gasteiger partial charge in [0.15, 0.2) is 0 Å². The first-order chi connectivity index (χ1) is 25.8. The van der Waals surface area contributed by atoms with Gasteiger partial charge in [-0.15, -0.1) is 0 Å². The largest absolute Gasteiger partial charge is 0.464 e. The Hall–Kier alpha value is -6.90. The molecule has 0 amide bonds. The Kier molecular flexibility index (Phi) is 6.28. The third-order valence-electron chi connectivity index (χ3n) is 10.7. The van der Waals surface area contributed by atoms with Crippen molar-refractivity contribution < 1.29 is 8.83 Å². The zero-order chi connectivity index (χ0) is 34.2. The Bertz CT molecular complexity index is 3050. The molecule has 2 heteroatoms. The van der Waals surface area contributed by atoms with Crippen molar-refractivity contribution in [2.45, 2.75) is 0 Å². The number of fused-ring (bicyclic) bond motifs is 7. The second kappa shape index (κ2) is 11.3. The van der Waals surface area contributed by atoms with Crippen molar-refractivity contribution in [2.75, 3.05) is 0 Å². The Morgan fingerprint density at radius 3 is 1.38 bits per heavy atom. The normalized spacial score (nSPS) is 11.8. The van der Waals surface area contributed by atoms with Crippen molar-refractivity contribution >= 4 is 65.0 Å². The highest BCUT2D eigenvalue weighted by Crippen LogP contribution is 2.49. The zero-order valence-corrected chi connectivity index (χ0v) is 28.1. The van der Waals surface area contributed by atoms with Crippen LogP contribution in [0.15, 0.2) is 191 Å². The minimum atomic E-state index is 0.869. The summed E-state index contributed by atoms with van der Waals surface area (Å²) in [4.78, 5) is 0. The van der Waals surface area contributed by atoms with Crippen LogP contribution in [0.25, 0.3) is 110 Å².